The molecule has 0 bridgehead atoms. The summed E-state index contributed by atoms with van der Waals surface area (Å²) in [5.41, 5.74) is 6.39. The largest absolute Gasteiger partial charge is 0.480 e. The van der Waals surface area contributed by atoms with E-state index in [1.165, 1.54) is 5.56 Å². The van der Waals surface area contributed by atoms with Crippen LogP contribution < -0.4 is 10.6 Å². The van der Waals surface area contributed by atoms with Crippen molar-refractivity contribution < 1.29 is 14.7 Å². The first-order valence-electron chi connectivity index (χ1n) is 11.9. The second-order valence-electron chi connectivity index (χ2n) is 9.52. The highest BCUT2D eigenvalue weighted by Crippen LogP contribution is 2.36. The minimum absolute atomic E-state index is 0.153. The van der Waals surface area contributed by atoms with E-state index in [9.17, 15) is 14.7 Å². The van der Waals surface area contributed by atoms with Crippen molar-refractivity contribution in [3.05, 3.63) is 87.4 Å². The van der Waals surface area contributed by atoms with Crippen LogP contribution in [0.15, 0.2) is 54.6 Å². The number of anilines is 1. The Morgan fingerprint density at radius 1 is 0.971 bits per heavy atom. The van der Waals surface area contributed by atoms with Crippen LogP contribution in [0.1, 0.15) is 64.8 Å². The van der Waals surface area contributed by atoms with Crippen molar-refractivity contribution in [2.75, 3.05) is 5.32 Å². The van der Waals surface area contributed by atoms with Gasteiger partial charge in [-0.05, 0) is 91.6 Å². The molecule has 0 unspecified atom stereocenters. The topological polar surface area (TPSA) is 78.4 Å². The van der Waals surface area contributed by atoms with E-state index in [-0.39, 0.29) is 11.9 Å². The first kappa shape index (κ1) is 24.8. The molecule has 0 aliphatic heterocycles. The molecule has 1 aliphatic carbocycles. The minimum atomic E-state index is -1.10. The third-order valence-corrected chi connectivity index (χ3v) is 7.23. The highest BCUT2D eigenvalue weighted by molar-refractivity contribution is 6.31. The molecule has 3 N–H and O–H groups in total. The number of aliphatic carboxylic acids is 1. The van der Waals surface area contributed by atoms with E-state index in [1.54, 1.807) is 0 Å². The number of halogens is 1. The summed E-state index contributed by atoms with van der Waals surface area (Å²) in [4.78, 5) is 24.4. The number of hydrogen-bond donors (Lipinski definition) is 3. The lowest BCUT2D eigenvalue weighted by molar-refractivity contribution is -0.140. The van der Waals surface area contributed by atoms with Crippen LogP contribution in [-0.2, 0) is 4.79 Å². The number of benzene rings is 3. The number of carboxylic acid groups (broad SMARTS) is 1. The van der Waals surface area contributed by atoms with Crippen LogP contribution in [0, 0.1) is 20.8 Å². The van der Waals surface area contributed by atoms with Gasteiger partial charge in [0.2, 0.25) is 0 Å². The maximum atomic E-state index is 12.9. The molecule has 5 nitrogen and oxygen atoms in total. The quantitative estimate of drug-likeness (QED) is 0.323. The highest BCUT2D eigenvalue weighted by atomic mass is 35.5. The van der Waals surface area contributed by atoms with Gasteiger partial charge in [-0.25, -0.2) is 4.79 Å². The smallest absolute Gasteiger partial charge is 0.329 e. The number of aryl methyl sites for hydroxylation is 3. The zero-order valence-electron chi connectivity index (χ0n) is 20.5. The molecule has 0 heterocycles. The van der Waals surface area contributed by atoms with Gasteiger partial charge in [0.15, 0.2) is 0 Å². The second-order valence-corrected chi connectivity index (χ2v) is 9.93. The lowest BCUT2D eigenvalue weighted by Crippen LogP contribution is -2.43. The van der Waals surface area contributed by atoms with Gasteiger partial charge in [-0.1, -0.05) is 54.9 Å². The Bertz CT molecular complexity index is 1270. The van der Waals surface area contributed by atoms with Gasteiger partial charge < -0.3 is 15.7 Å². The standard InChI is InChI=1S/C29H31ClN2O3/c1-5-25(21-9-10-24(30)17(2)13-21)31-23-8-6-7-20(16-23)22-14-18(3)26(19(4)15-22)27(33)32-29(11-12-29)28(34)35/h6-10,13-16,25,31H,5,11-12H2,1-4H3,(H,32,33)(H,34,35)/t25-/m1/s1. The molecule has 1 saturated carbocycles. The van der Waals surface area contributed by atoms with Gasteiger partial charge in [-0.2, -0.15) is 0 Å². The Kier molecular flexibility index (Phi) is 6.91. The van der Waals surface area contributed by atoms with E-state index in [2.05, 4.69) is 47.9 Å². The average molecular weight is 491 g/mol. The van der Waals surface area contributed by atoms with Gasteiger partial charge in [0, 0.05) is 16.3 Å². The molecular formula is C29H31ClN2O3. The molecule has 35 heavy (non-hydrogen) atoms. The molecule has 3 aromatic carbocycles. The first-order valence-corrected chi connectivity index (χ1v) is 12.3. The van der Waals surface area contributed by atoms with Crippen molar-refractivity contribution in [2.24, 2.45) is 0 Å². The SMILES string of the molecule is CC[C@@H](Nc1cccc(-c2cc(C)c(C(=O)NC3(C(=O)O)CC3)c(C)c2)c1)c1ccc(Cl)c(C)c1. The van der Waals surface area contributed by atoms with E-state index >= 15 is 0 Å². The molecule has 1 aliphatic rings. The summed E-state index contributed by atoms with van der Waals surface area (Å²) in [6, 6.07) is 18.5. The van der Waals surface area contributed by atoms with Crippen LogP contribution in [0.25, 0.3) is 11.1 Å². The number of carbonyl (C=O) groups excluding carboxylic acids is 1. The Hall–Kier alpha value is -3.31. The Morgan fingerprint density at radius 3 is 2.23 bits per heavy atom. The van der Waals surface area contributed by atoms with Gasteiger partial charge in [0.05, 0.1) is 6.04 Å². The van der Waals surface area contributed by atoms with E-state index in [4.69, 9.17) is 11.6 Å². The fraction of sp³-hybridized carbons (Fsp3) is 0.310. The Balaban J connectivity index is 1.57. The van der Waals surface area contributed by atoms with Crippen molar-refractivity contribution in [1.29, 1.82) is 0 Å². The molecule has 1 fully saturated rings. The van der Waals surface area contributed by atoms with Gasteiger partial charge in [-0.15, -0.1) is 0 Å². The number of amides is 1. The monoisotopic (exact) mass is 490 g/mol. The Labute approximate surface area is 211 Å². The predicted molar refractivity (Wildman–Crippen MR) is 141 cm³/mol. The van der Waals surface area contributed by atoms with Crippen LogP contribution in [0.3, 0.4) is 0 Å². The van der Waals surface area contributed by atoms with E-state index in [0.29, 0.717) is 18.4 Å². The maximum absolute atomic E-state index is 12.9. The molecule has 182 valence electrons. The third-order valence-electron chi connectivity index (χ3n) is 6.80. The van der Waals surface area contributed by atoms with Crippen LogP contribution in [-0.4, -0.2) is 22.5 Å². The molecule has 4 rings (SSSR count). The van der Waals surface area contributed by atoms with Crippen molar-refractivity contribution in [3.8, 4) is 11.1 Å². The van der Waals surface area contributed by atoms with Crippen LogP contribution in [0.5, 0.6) is 0 Å². The summed E-state index contributed by atoms with van der Waals surface area (Å²) < 4.78 is 0. The van der Waals surface area contributed by atoms with Crippen LogP contribution in [0.2, 0.25) is 5.02 Å². The molecule has 0 saturated heterocycles. The molecule has 1 amide bonds. The van der Waals surface area contributed by atoms with Crippen molar-refractivity contribution >= 4 is 29.2 Å². The second kappa shape index (κ2) is 9.74. The fourth-order valence-corrected chi connectivity index (χ4v) is 4.70. The molecule has 6 heteroatoms. The van der Waals surface area contributed by atoms with Crippen molar-refractivity contribution in [2.45, 2.75) is 58.5 Å². The molecule has 3 aromatic rings. The van der Waals surface area contributed by atoms with E-state index in [0.717, 1.165) is 44.9 Å². The summed E-state index contributed by atoms with van der Waals surface area (Å²) in [5, 5.41) is 16.5. The average Bonchev–Trinajstić information content (AvgIpc) is 3.60. The summed E-state index contributed by atoms with van der Waals surface area (Å²) in [5.74, 6) is -1.30. The molecule has 1 atom stereocenters. The van der Waals surface area contributed by atoms with Crippen LogP contribution >= 0.6 is 11.6 Å². The predicted octanol–water partition coefficient (Wildman–Crippen LogP) is 6.84. The molecule has 0 aromatic heterocycles. The maximum Gasteiger partial charge on any atom is 0.329 e. The molecule has 0 spiro atoms. The molecule has 0 radical (unpaired) electrons. The van der Waals surface area contributed by atoms with Gasteiger partial charge >= 0.3 is 5.97 Å². The summed E-state index contributed by atoms with van der Waals surface area (Å²) in [6.07, 6.45) is 1.86. The number of nitrogens with one attached hydrogen (secondary N) is 2. The summed E-state index contributed by atoms with van der Waals surface area (Å²) in [7, 11) is 0. The van der Waals surface area contributed by atoms with Gasteiger partial charge in [0.25, 0.3) is 5.91 Å². The number of rotatable bonds is 8. The zero-order valence-corrected chi connectivity index (χ0v) is 21.3. The van der Waals surface area contributed by atoms with Gasteiger partial charge in [-0.3, -0.25) is 4.79 Å². The fourth-order valence-electron chi connectivity index (χ4n) is 4.58. The molecular weight excluding hydrogens is 460 g/mol. The summed E-state index contributed by atoms with van der Waals surface area (Å²) >= 11 is 6.21. The lowest BCUT2D eigenvalue weighted by Gasteiger charge is -2.20. The minimum Gasteiger partial charge on any atom is -0.480 e. The lowest BCUT2D eigenvalue weighted by atomic mass is 9.94. The van der Waals surface area contributed by atoms with Gasteiger partial charge in [0.1, 0.15) is 5.54 Å². The van der Waals surface area contributed by atoms with Crippen molar-refractivity contribution in [1.82, 2.24) is 5.32 Å². The zero-order chi connectivity index (χ0) is 25.3. The van der Waals surface area contributed by atoms with Crippen LogP contribution in [0.4, 0.5) is 5.69 Å². The normalized spacial score (nSPS) is 14.8. The van der Waals surface area contributed by atoms with E-state index < -0.39 is 11.5 Å². The first-order chi connectivity index (χ1) is 16.6. The number of carbonyl (C=O) groups is 2. The highest BCUT2D eigenvalue weighted by Gasteiger charge is 2.51. The third kappa shape index (κ3) is 5.20. The summed E-state index contributed by atoms with van der Waals surface area (Å²) in [6.45, 7) is 7.95. The number of hydrogen-bond acceptors (Lipinski definition) is 3. The van der Waals surface area contributed by atoms with Crippen molar-refractivity contribution in [3.63, 3.8) is 0 Å². The Morgan fingerprint density at radius 2 is 1.66 bits per heavy atom. The number of carboxylic acids is 1. The van der Waals surface area contributed by atoms with E-state index in [1.807, 2.05) is 45.0 Å².